The van der Waals surface area contributed by atoms with Gasteiger partial charge in [-0.15, -0.1) is 11.3 Å². The highest BCUT2D eigenvalue weighted by Crippen LogP contribution is 2.31. The van der Waals surface area contributed by atoms with Crippen molar-refractivity contribution in [2.45, 2.75) is 27.2 Å². The Labute approximate surface area is 178 Å². The number of hydrogen-bond acceptors (Lipinski definition) is 8. The molecule has 0 unspecified atom stereocenters. The van der Waals surface area contributed by atoms with Crippen molar-refractivity contribution in [2.24, 2.45) is 5.92 Å². The largest absolute Gasteiger partial charge is 0.507 e. The molecule has 0 aliphatic carbocycles. The lowest BCUT2D eigenvalue weighted by molar-refractivity contribution is -0.119. The lowest BCUT2D eigenvalue weighted by Crippen LogP contribution is -2.22. The Morgan fingerprint density at radius 3 is 2.53 bits per heavy atom. The fourth-order valence-corrected chi connectivity index (χ4v) is 3.66. The van der Waals surface area contributed by atoms with E-state index in [-0.39, 0.29) is 17.9 Å². The van der Waals surface area contributed by atoms with E-state index < -0.39 is 24.5 Å². The number of benzene rings is 1. The minimum Gasteiger partial charge on any atom is -0.507 e. The van der Waals surface area contributed by atoms with E-state index in [1.54, 1.807) is 6.92 Å². The molecule has 0 radical (unpaired) electrons. The molecular formula is C21H25NO7S. The molecule has 2 aromatic rings. The summed E-state index contributed by atoms with van der Waals surface area (Å²) < 4.78 is 15.1. The lowest BCUT2D eigenvalue weighted by Gasteiger charge is -2.10. The molecule has 1 heterocycles. The molecule has 2 N–H and O–H groups in total. The molecule has 0 saturated carbocycles. The molecule has 0 spiro atoms. The van der Waals surface area contributed by atoms with Crippen LogP contribution >= 0.6 is 11.3 Å². The second kappa shape index (κ2) is 10.6. The summed E-state index contributed by atoms with van der Waals surface area (Å²) in [6.45, 7) is 5.38. The van der Waals surface area contributed by atoms with Crippen molar-refractivity contribution in [1.29, 1.82) is 0 Å². The zero-order valence-corrected chi connectivity index (χ0v) is 18.1. The average molecular weight is 435 g/mol. The van der Waals surface area contributed by atoms with E-state index in [9.17, 15) is 19.5 Å². The highest BCUT2D eigenvalue weighted by molar-refractivity contribution is 7.15. The van der Waals surface area contributed by atoms with Gasteiger partial charge in [-0.2, -0.15) is 0 Å². The number of rotatable bonds is 9. The maximum atomic E-state index is 12.4. The van der Waals surface area contributed by atoms with Crippen LogP contribution in [0.1, 0.15) is 47.1 Å². The first-order valence-electron chi connectivity index (χ1n) is 9.38. The number of thiophene rings is 1. The number of ether oxygens (including phenoxy) is 3. The minimum atomic E-state index is -0.876. The predicted molar refractivity (Wildman–Crippen MR) is 112 cm³/mol. The summed E-state index contributed by atoms with van der Waals surface area (Å²) in [5.41, 5.74) is 0.993. The molecule has 9 heteroatoms. The van der Waals surface area contributed by atoms with Gasteiger partial charge in [0.05, 0.1) is 19.3 Å². The van der Waals surface area contributed by atoms with Gasteiger partial charge in [-0.1, -0.05) is 13.8 Å². The van der Waals surface area contributed by atoms with E-state index in [1.807, 2.05) is 19.2 Å². The van der Waals surface area contributed by atoms with Gasteiger partial charge in [0.15, 0.2) is 6.61 Å². The summed E-state index contributed by atoms with van der Waals surface area (Å²) in [7, 11) is 1.42. The molecule has 2 rings (SSSR count). The van der Waals surface area contributed by atoms with E-state index in [2.05, 4.69) is 5.32 Å². The Bertz CT molecular complexity index is 920. The smallest absolute Gasteiger partial charge is 0.342 e. The predicted octanol–water partition coefficient (Wildman–Crippen LogP) is 3.63. The Morgan fingerprint density at radius 1 is 1.17 bits per heavy atom. The molecule has 0 aliphatic rings. The van der Waals surface area contributed by atoms with E-state index in [4.69, 9.17) is 14.2 Å². The van der Waals surface area contributed by atoms with Gasteiger partial charge >= 0.3 is 11.9 Å². The normalized spacial score (nSPS) is 10.6. The van der Waals surface area contributed by atoms with Crippen molar-refractivity contribution in [3.63, 3.8) is 0 Å². The van der Waals surface area contributed by atoms with E-state index >= 15 is 0 Å². The number of methoxy groups -OCH3 is 1. The number of phenols is 1. The van der Waals surface area contributed by atoms with Gasteiger partial charge < -0.3 is 24.6 Å². The minimum absolute atomic E-state index is 0.121. The summed E-state index contributed by atoms with van der Waals surface area (Å²) in [6, 6.07) is 4.09. The first kappa shape index (κ1) is 23.2. The molecule has 1 aromatic heterocycles. The Kier molecular flexibility index (Phi) is 8.23. The monoisotopic (exact) mass is 435 g/mol. The molecule has 0 fully saturated rings. The molecule has 0 bridgehead atoms. The third-order valence-electron chi connectivity index (χ3n) is 3.99. The zero-order chi connectivity index (χ0) is 22.3. The van der Waals surface area contributed by atoms with Gasteiger partial charge in [0.2, 0.25) is 0 Å². The van der Waals surface area contributed by atoms with Crippen LogP contribution in [-0.4, -0.2) is 43.3 Å². The van der Waals surface area contributed by atoms with Crippen LogP contribution in [0.15, 0.2) is 23.6 Å². The van der Waals surface area contributed by atoms with E-state index in [0.717, 1.165) is 5.56 Å². The number of phenolic OH excluding ortho intramolecular Hbond substituents is 1. The van der Waals surface area contributed by atoms with Crippen LogP contribution < -0.4 is 10.1 Å². The van der Waals surface area contributed by atoms with Gasteiger partial charge in [0, 0.05) is 0 Å². The van der Waals surface area contributed by atoms with Crippen LogP contribution in [0.25, 0.3) is 0 Å². The summed E-state index contributed by atoms with van der Waals surface area (Å²) in [6.07, 6.45) is 0.657. The Balaban J connectivity index is 2.08. The third kappa shape index (κ3) is 5.96. The van der Waals surface area contributed by atoms with Gasteiger partial charge in [0.1, 0.15) is 22.1 Å². The standard InChI is InChI=1S/C21H25NO7S/c1-5-28-21(26)18-13(8-12(2)3)11-30-19(18)22-17(24)10-29-20(25)15-9-14(27-4)6-7-16(15)23/h6-7,9,11-12,23H,5,8,10H2,1-4H3,(H,22,24). The molecule has 1 aromatic carbocycles. The van der Waals surface area contributed by atoms with Crippen LogP contribution in [0.5, 0.6) is 11.5 Å². The number of hydrogen-bond donors (Lipinski definition) is 2. The SMILES string of the molecule is CCOC(=O)c1c(CC(C)C)csc1NC(=O)COC(=O)c1cc(OC)ccc1O. The quantitative estimate of drug-likeness (QED) is 0.579. The van der Waals surface area contributed by atoms with Crippen LogP contribution in [0, 0.1) is 5.92 Å². The second-order valence-corrected chi connectivity index (χ2v) is 7.67. The van der Waals surface area contributed by atoms with E-state index in [1.165, 1.54) is 36.6 Å². The van der Waals surface area contributed by atoms with Crippen molar-refractivity contribution >= 4 is 34.2 Å². The third-order valence-corrected chi connectivity index (χ3v) is 4.93. The summed E-state index contributed by atoms with van der Waals surface area (Å²) >= 11 is 1.21. The molecule has 0 atom stereocenters. The average Bonchev–Trinajstić information content (AvgIpc) is 3.08. The number of carbonyl (C=O) groups is 3. The molecular weight excluding hydrogens is 410 g/mol. The maximum Gasteiger partial charge on any atom is 0.342 e. The number of amides is 1. The molecule has 8 nitrogen and oxygen atoms in total. The van der Waals surface area contributed by atoms with Gasteiger partial charge in [-0.25, -0.2) is 9.59 Å². The summed E-state index contributed by atoms with van der Waals surface area (Å²) in [5, 5.41) is 14.6. The Hall–Kier alpha value is -3.07. The summed E-state index contributed by atoms with van der Waals surface area (Å²) in [4.78, 5) is 36.9. The zero-order valence-electron chi connectivity index (χ0n) is 17.3. The van der Waals surface area contributed by atoms with Crippen molar-refractivity contribution in [3.8, 4) is 11.5 Å². The van der Waals surface area contributed by atoms with Crippen LogP contribution in [-0.2, 0) is 20.7 Å². The van der Waals surface area contributed by atoms with Gasteiger partial charge in [-0.05, 0) is 48.4 Å². The van der Waals surface area contributed by atoms with E-state index in [0.29, 0.717) is 28.7 Å². The number of aromatic hydroxyl groups is 1. The maximum absolute atomic E-state index is 12.4. The molecule has 30 heavy (non-hydrogen) atoms. The highest BCUT2D eigenvalue weighted by Gasteiger charge is 2.23. The first-order valence-corrected chi connectivity index (χ1v) is 10.3. The first-order chi connectivity index (χ1) is 14.3. The molecule has 1 amide bonds. The fraction of sp³-hybridized carbons (Fsp3) is 0.381. The van der Waals surface area contributed by atoms with Crippen molar-refractivity contribution in [1.82, 2.24) is 0 Å². The lowest BCUT2D eigenvalue weighted by atomic mass is 10.0. The molecule has 0 saturated heterocycles. The number of esters is 2. The topological polar surface area (TPSA) is 111 Å². The second-order valence-electron chi connectivity index (χ2n) is 6.79. The highest BCUT2D eigenvalue weighted by atomic mass is 32.1. The van der Waals surface area contributed by atoms with Crippen LogP contribution in [0.3, 0.4) is 0 Å². The van der Waals surface area contributed by atoms with Crippen LogP contribution in [0.2, 0.25) is 0 Å². The molecule has 0 aliphatic heterocycles. The fourth-order valence-electron chi connectivity index (χ4n) is 2.68. The van der Waals surface area contributed by atoms with Crippen LogP contribution in [0.4, 0.5) is 5.00 Å². The van der Waals surface area contributed by atoms with Crippen molar-refractivity contribution in [2.75, 3.05) is 25.6 Å². The van der Waals surface area contributed by atoms with Crippen molar-refractivity contribution in [3.05, 3.63) is 40.3 Å². The van der Waals surface area contributed by atoms with Gasteiger partial charge in [0.25, 0.3) is 5.91 Å². The summed E-state index contributed by atoms with van der Waals surface area (Å²) in [5.74, 6) is -1.62. The number of anilines is 1. The van der Waals surface area contributed by atoms with Gasteiger partial charge in [-0.3, -0.25) is 4.79 Å². The number of nitrogens with one attached hydrogen (secondary N) is 1. The Morgan fingerprint density at radius 2 is 1.90 bits per heavy atom. The molecule has 162 valence electrons. The van der Waals surface area contributed by atoms with Crippen molar-refractivity contribution < 1.29 is 33.7 Å². The number of carbonyl (C=O) groups excluding carboxylic acids is 3.